The molecule has 1 heterocycles. The highest BCUT2D eigenvalue weighted by molar-refractivity contribution is 5.68. The van der Waals surface area contributed by atoms with Crippen molar-refractivity contribution in [1.82, 2.24) is 9.97 Å². The molecule has 0 saturated heterocycles. The molecule has 2 aromatic rings. The molecule has 0 fully saturated rings. The molecule has 0 atom stereocenters. The van der Waals surface area contributed by atoms with Crippen LogP contribution < -0.4 is 10.5 Å². The average molecular weight is 231 g/mol. The maximum absolute atomic E-state index is 5.72. The van der Waals surface area contributed by atoms with Gasteiger partial charge in [-0.1, -0.05) is 13.8 Å². The number of nitrogens with zero attached hydrogens (tertiary/aromatic N) is 1. The summed E-state index contributed by atoms with van der Waals surface area (Å²) in [6.07, 6.45) is 1.86. The van der Waals surface area contributed by atoms with Crippen LogP contribution in [0.2, 0.25) is 0 Å². The van der Waals surface area contributed by atoms with Crippen LogP contribution in [0, 0.1) is 0 Å². The van der Waals surface area contributed by atoms with E-state index in [4.69, 9.17) is 10.5 Å². The van der Waals surface area contributed by atoms with E-state index in [9.17, 15) is 0 Å². The molecule has 1 aromatic carbocycles. The van der Waals surface area contributed by atoms with Gasteiger partial charge in [0.25, 0.3) is 0 Å². The second-order valence-corrected chi connectivity index (χ2v) is 4.30. The Hall–Kier alpha value is -1.97. The highest BCUT2D eigenvalue weighted by Crippen LogP contribution is 2.30. The number of benzene rings is 1. The molecule has 0 unspecified atom stereocenters. The molecule has 1 aromatic heterocycles. The first-order chi connectivity index (χ1) is 8.11. The van der Waals surface area contributed by atoms with Crippen molar-refractivity contribution in [3.63, 3.8) is 0 Å². The molecule has 0 amide bonds. The number of methoxy groups -OCH3 is 1. The van der Waals surface area contributed by atoms with Gasteiger partial charge in [0.2, 0.25) is 0 Å². The molecule has 2 rings (SSSR count). The second-order valence-electron chi connectivity index (χ2n) is 4.30. The van der Waals surface area contributed by atoms with Crippen LogP contribution in [0.4, 0.5) is 5.69 Å². The number of anilines is 1. The van der Waals surface area contributed by atoms with Crippen LogP contribution in [0.15, 0.2) is 24.4 Å². The van der Waals surface area contributed by atoms with Crippen molar-refractivity contribution in [1.29, 1.82) is 0 Å². The van der Waals surface area contributed by atoms with Crippen LogP contribution in [-0.4, -0.2) is 17.1 Å². The zero-order valence-electron chi connectivity index (χ0n) is 10.3. The predicted molar refractivity (Wildman–Crippen MR) is 69.1 cm³/mol. The Labute approximate surface area is 101 Å². The Morgan fingerprint density at radius 1 is 1.35 bits per heavy atom. The molecule has 3 N–H and O–H groups in total. The fourth-order valence-electron chi connectivity index (χ4n) is 1.67. The van der Waals surface area contributed by atoms with Gasteiger partial charge in [0.1, 0.15) is 11.6 Å². The lowest BCUT2D eigenvalue weighted by atomic mass is 10.1. The van der Waals surface area contributed by atoms with E-state index in [1.165, 1.54) is 0 Å². The zero-order chi connectivity index (χ0) is 12.4. The van der Waals surface area contributed by atoms with Gasteiger partial charge in [-0.05, 0) is 18.1 Å². The second kappa shape index (κ2) is 4.49. The first kappa shape index (κ1) is 11.5. The van der Waals surface area contributed by atoms with Crippen molar-refractivity contribution >= 4 is 5.69 Å². The molecule has 0 aliphatic rings. The largest absolute Gasteiger partial charge is 0.496 e. The van der Waals surface area contributed by atoms with Gasteiger partial charge in [0.05, 0.1) is 12.7 Å². The number of hydrogen-bond acceptors (Lipinski definition) is 3. The number of nitrogens with two attached hydrogens (primary N) is 1. The van der Waals surface area contributed by atoms with E-state index in [1.54, 1.807) is 13.2 Å². The molecule has 0 aliphatic carbocycles. The van der Waals surface area contributed by atoms with E-state index in [0.29, 0.717) is 11.6 Å². The molecular formula is C13H17N3O. The Morgan fingerprint density at radius 2 is 2.12 bits per heavy atom. The molecule has 4 nitrogen and oxygen atoms in total. The van der Waals surface area contributed by atoms with Gasteiger partial charge in [-0.3, -0.25) is 0 Å². The number of aromatic nitrogens is 2. The highest BCUT2D eigenvalue weighted by Gasteiger charge is 2.11. The first-order valence-electron chi connectivity index (χ1n) is 5.60. The van der Waals surface area contributed by atoms with Crippen molar-refractivity contribution < 1.29 is 4.74 Å². The van der Waals surface area contributed by atoms with Gasteiger partial charge in [-0.25, -0.2) is 4.98 Å². The zero-order valence-corrected chi connectivity index (χ0v) is 10.3. The fourth-order valence-corrected chi connectivity index (χ4v) is 1.67. The van der Waals surface area contributed by atoms with Gasteiger partial charge in [-0.2, -0.15) is 0 Å². The van der Waals surface area contributed by atoms with E-state index in [0.717, 1.165) is 22.8 Å². The van der Waals surface area contributed by atoms with Crippen molar-refractivity contribution in [2.45, 2.75) is 19.8 Å². The summed E-state index contributed by atoms with van der Waals surface area (Å²) in [7, 11) is 1.63. The summed E-state index contributed by atoms with van der Waals surface area (Å²) in [6.45, 7) is 4.25. The first-order valence-corrected chi connectivity index (χ1v) is 5.60. The summed E-state index contributed by atoms with van der Waals surface area (Å²) in [6, 6.07) is 5.55. The highest BCUT2D eigenvalue weighted by atomic mass is 16.5. The van der Waals surface area contributed by atoms with Gasteiger partial charge in [0.15, 0.2) is 0 Å². The number of aromatic amines is 1. The van der Waals surface area contributed by atoms with E-state index in [-0.39, 0.29) is 0 Å². The smallest absolute Gasteiger partial charge is 0.141 e. The number of imidazole rings is 1. The van der Waals surface area contributed by atoms with Gasteiger partial charge < -0.3 is 15.5 Å². The fraction of sp³-hybridized carbons (Fsp3) is 0.308. The van der Waals surface area contributed by atoms with Gasteiger partial charge >= 0.3 is 0 Å². The summed E-state index contributed by atoms with van der Waals surface area (Å²) < 4.78 is 5.31. The van der Waals surface area contributed by atoms with Crippen molar-refractivity contribution in [3.8, 4) is 17.1 Å². The van der Waals surface area contributed by atoms with Crippen molar-refractivity contribution in [2.24, 2.45) is 0 Å². The average Bonchev–Trinajstić information content (AvgIpc) is 2.78. The minimum absolute atomic E-state index is 0.427. The topological polar surface area (TPSA) is 63.9 Å². The SMILES string of the molecule is COc1cc(N)ccc1-c1ncc(C(C)C)[nH]1. The quantitative estimate of drug-likeness (QED) is 0.798. The monoisotopic (exact) mass is 231 g/mol. The summed E-state index contributed by atoms with van der Waals surface area (Å²) in [5.41, 5.74) is 8.44. The third-order valence-corrected chi connectivity index (χ3v) is 2.70. The maximum Gasteiger partial charge on any atom is 0.141 e. The third-order valence-electron chi connectivity index (χ3n) is 2.70. The lowest BCUT2D eigenvalue weighted by Gasteiger charge is -2.07. The molecule has 0 spiro atoms. The number of H-pyrrole nitrogens is 1. The minimum atomic E-state index is 0.427. The van der Waals surface area contributed by atoms with Crippen LogP contribution >= 0.6 is 0 Å². The van der Waals surface area contributed by atoms with E-state index in [2.05, 4.69) is 23.8 Å². The molecule has 4 heteroatoms. The summed E-state index contributed by atoms with van der Waals surface area (Å²) in [5, 5.41) is 0. The standard InChI is InChI=1S/C13H17N3O/c1-8(2)11-7-15-13(16-11)10-5-4-9(14)6-12(10)17-3/h4-8H,14H2,1-3H3,(H,15,16). The van der Waals surface area contributed by atoms with Gasteiger partial charge in [-0.15, -0.1) is 0 Å². The molecule has 0 saturated carbocycles. The predicted octanol–water partition coefficient (Wildman–Crippen LogP) is 2.79. The lowest BCUT2D eigenvalue weighted by Crippen LogP contribution is -1.93. The van der Waals surface area contributed by atoms with E-state index in [1.807, 2.05) is 18.3 Å². The van der Waals surface area contributed by atoms with Crippen LogP contribution in [0.5, 0.6) is 5.75 Å². The molecule has 17 heavy (non-hydrogen) atoms. The minimum Gasteiger partial charge on any atom is -0.496 e. The number of nitrogens with one attached hydrogen (secondary N) is 1. The summed E-state index contributed by atoms with van der Waals surface area (Å²) >= 11 is 0. The van der Waals surface area contributed by atoms with Crippen molar-refractivity contribution in [2.75, 3.05) is 12.8 Å². The van der Waals surface area contributed by atoms with E-state index < -0.39 is 0 Å². The van der Waals surface area contributed by atoms with Crippen molar-refractivity contribution in [3.05, 3.63) is 30.1 Å². The third kappa shape index (κ3) is 2.25. The van der Waals surface area contributed by atoms with Gasteiger partial charge in [0, 0.05) is 23.6 Å². The molecule has 90 valence electrons. The Morgan fingerprint density at radius 3 is 2.71 bits per heavy atom. The normalized spacial score (nSPS) is 10.8. The lowest BCUT2D eigenvalue weighted by molar-refractivity contribution is 0.416. The van der Waals surface area contributed by atoms with Crippen LogP contribution in [0.25, 0.3) is 11.4 Å². The Kier molecular flexibility index (Phi) is 3.04. The number of hydrogen-bond donors (Lipinski definition) is 2. The number of nitrogen functional groups attached to an aromatic ring is 1. The molecule has 0 radical (unpaired) electrons. The summed E-state index contributed by atoms with van der Waals surface area (Å²) in [4.78, 5) is 7.66. The maximum atomic E-state index is 5.72. The van der Waals surface area contributed by atoms with Crippen LogP contribution in [0.1, 0.15) is 25.5 Å². The van der Waals surface area contributed by atoms with Crippen LogP contribution in [0.3, 0.4) is 0 Å². The molecule has 0 bridgehead atoms. The van der Waals surface area contributed by atoms with E-state index >= 15 is 0 Å². The van der Waals surface area contributed by atoms with Crippen LogP contribution in [-0.2, 0) is 0 Å². The Bertz CT molecular complexity index is 517. The number of ether oxygens (including phenoxy) is 1. The summed E-state index contributed by atoms with van der Waals surface area (Å²) in [5.74, 6) is 1.97. The molecule has 0 aliphatic heterocycles. The number of rotatable bonds is 3. The molecular weight excluding hydrogens is 214 g/mol. The Balaban J connectivity index is 2.44.